The van der Waals surface area contributed by atoms with Gasteiger partial charge in [0, 0.05) is 54.6 Å². The largest absolute Gasteiger partial charge is 0.484 e. The van der Waals surface area contributed by atoms with Gasteiger partial charge in [0.05, 0.1) is 11.9 Å². The zero-order valence-electron chi connectivity index (χ0n) is 22.0. The van der Waals surface area contributed by atoms with Crippen molar-refractivity contribution in [2.24, 2.45) is 5.92 Å². The Morgan fingerprint density at radius 1 is 1.11 bits per heavy atom. The average molecular weight is 512 g/mol. The zero-order valence-corrected chi connectivity index (χ0v) is 22.0. The van der Waals surface area contributed by atoms with Gasteiger partial charge >= 0.3 is 0 Å². The SMILES string of the molecule is CC(C)CNC(=O)COc1cccc(-c2nc3c(c(Nc4ccc(-c5cn[nH]c5)cc4)n2)CN(C)CC3)c1. The lowest BCUT2D eigenvalue weighted by atomic mass is 10.1. The number of benzene rings is 2. The number of ether oxygens (including phenoxy) is 1. The summed E-state index contributed by atoms with van der Waals surface area (Å²) < 4.78 is 5.76. The number of hydrogen-bond acceptors (Lipinski definition) is 7. The summed E-state index contributed by atoms with van der Waals surface area (Å²) in [4.78, 5) is 24.2. The number of likely N-dealkylation sites (N-methyl/N-ethyl adjacent to an activating group) is 1. The van der Waals surface area contributed by atoms with Crippen molar-refractivity contribution < 1.29 is 9.53 Å². The van der Waals surface area contributed by atoms with E-state index in [2.05, 4.69) is 58.8 Å². The Morgan fingerprint density at radius 3 is 2.71 bits per heavy atom. The molecule has 4 aromatic rings. The Morgan fingerprint density at radius 2 is 1.95 bits per heavy atom. The summed E-state index contributed by atoms with van der Waals surface area (Å²) in [6, 6.07) is 15.8. The Labute approximate surface area is 222 Å². The molecular formula is C29H33N7O2. The van der Waals surface area contributed by atoms with Gasteiger partial charge in [0.2, 0.25) is 0 Å². The van der Waals surface area contributed by atoms with Gasteiger partial charge in [-0.15, -0.1) is 0 Å². The maximum atomic E-state index is 12.1. The highest BCUT2D eigenvalue weighted by Crippen LogP contribution is 2.31. The molecule has 1 aliphatic heterocycles. The van der Waals surface area contributed by atoms with E-state index >= 15 is 0 Å². The molecule has 0 atom stereocenters. The summed E-state index contributed by atoms with van der Waals surface area (Å²) in [5.74, 6) is 2.28. The molecule has 0 fully saturated rings. The van der Waals surface area contributed by atoms with Crippen LogP contribution < -0.4 is 15.4 Å². The number of aromatic amines is 1. The molecule has 1 aliphatic rings. The van der Waals surface area contributed by atoms with Crippen LogP contribution in [-0.2, 0) is 17.8 Å². The lowest BCUT2D eigenvalue weighted by Gasteiger charge is -2.26. The van der Waals surface area contributed by atoms with Crippen molar-refractivity contribution in [2.45, 2.75) is 26.8 Å². The van der Waals surface area contributed by atoms with Crippen molar-refractivity contribution in [1.82, 2.24) is 30.4 Å². The predicted octanol–water partition coefficient (Wildman–Crippen LogP) is 4.42. The van der Waals surface area contributed by atoms with Crippen molar-refractivity contribution in [2.75, 3.05) is 32.1 Å². The summed E-state index contributed by atoms with van der Waals surface area (Å²) in [6.07, 6.45) is 4.53. The maximum absolute atomic E-state index is 12.1. The summed E-state index contributed by atoms with van der Waals surface area (Å²) in [5, 5.41) is 13.3. The Balaban J connectivity index is 1.38. The number of carbonyl (C=O) groups is 1. The molecule has 0 spiro atoms. The van der Waals surface area contributed by atoms with E-state index in [9.17, 15) is 4.79 Å². The monoisotopic (exact) mass is 511 g/mol. The first-order chi connectivity index (χ1) is 18.4. The molecule has 2 aromatic carbocycles. The molecule has 0 saturated heterocycles. The smallest absolute Gasteiger partial charge is 0.257 e. The number of rotatable bonds is 9. The van der Waals surface area contributed by atoms with E-state index in [0.717, 1.165) is 59.0 Å². The van der Waals surface area contributed by atoms with E-state index in [0.29, 0.717) is 24.0 Å². The molecule has 38 heavy (non-hydrogen) atoms. The van der Waals surface area contributed by atoms with E-state index in [1.807, 2.05) is 42.6 Å². The van der Waals surface area contributed by atoms with Gasteiger partial charge in [0.15, 0.2) is 12.4 Å². The number of aromatic nitrogens is 4. The highest BCUT2D eigenvalue weighted by molar-refractivity contribution is 5.77. The van der Waals surface area contributed by atoms with E-state index in [1.54, 1.807) is 6.20 Å². The van der Waals surface area contributed by atoms with E-state index in [1.165, 1.54) is 0 Å². The third-order valence-electron chi connectivity index (χ3n) is 6.40. The Kier molecular flexibility index (Phi) is 7.65. The standard InChI is InChI=1S/C29H33N7O2/c1-19(2)14-30-27(37)18-38-24-6-4-5-21(13-24)28-34-26-11-12-36(3)17-25(26)29(35-28)33-23-9-7-20(8-10-23)22-15-31-32-16-22/h4-10,13,15-16,19H,11-12,14,17-18H2,1-3H3,(H,30,37)(H,31,32)(H,33,34,35). The first-order valence-electron chi connectivity index (χ1n) is 12.9. The highest BCUT2D eigenvalue weighted by Gasteiger charge is 2.21. The Bertz CT molecular complexity index is 1380. The van der Waals surface area contributed by atoms with Crippen LogP contribution in [0.1, 0.15) is 25.1 Å². The fourth-order valence-corrected chi connectivity index (χ4v) is 4.32. The number of H-pyrrole nitrogens is 1. The molecule has 3 N–H and O–H groups in total. The third-order valence-corrected chi connectivity index (χ3v) is 6.40. The predicted molar refractivity (Wildman–Crippen MR) is 148 cm³/mol. The fraction of sp³-hybridized carbons (Fsp3) is 0.310. The normalized spacial score (nSPS) is 13.3. The number of carbonyl (C=O) groups excluding carboxylic acids is 1. The van der Waals surface area contributed by atoms with Crippen molar-refractivity contribution in [3.05, 3.63) is 72.2 Å². The van der Waals surface area contributed by atoms with Crippen molar-refractivity contribution in [3.8, 4) is 28.3 Å². The molecule has 0 unspecified atom stereocenters. The van der Waals surface area contributed by atoms with Gasteiger partial charge in [-0.3, -0.25) is 9.89 Å². The van der Waals surface area contributed by atoms with Crippen molar-refractivity contribution in [1.29, 1.82) is 0 Å². The molecule has 0 radical (unpaired) electrons. The van der Waals surface area contributed by atoms with E-state index < -0.39 is 0 Å². The molecule has 196 valence electrons. The molecule has 0 aliphatic carbocycles. The minimum Gasteiger partial charge on any atom is -0.484 e. The fourth-order valence-electron chi connectivity index (χ4n) is 4.32. The summed E-state index contributed by atoms with van der Waals surface area (Å²) in [5.41, 5.74) is 6.07. The molecule has 0 saturated carbocycles. The molecule has 1 amide bonds. The van der Waals surface area contributed by atoms with Crippen LogP contribution in [0.25, 0.3) is 22.5 Å². The van der Waals surface area contributed by atoms with Crippen molar-refractivity contribution in [3.63, 3.8) is 0 Å². The molecule has 0 bridgehead atoms. The van der Waals surface area contributed by atoms with Gasteiger partial charge in [-0.05, 0) is 42.8 Å². The molecular weight excluding hydrogens is 478 g/mol. The quantitative estimate of drug-likeness (QED) is 0.305. The summed E-state index contributed by atoms with van der Waals surface area (Å²) in [7, 11) is 2.11. The number of nitrogens with one attached hydrogen (secondary N) is 3. The molecule has 3 heterocycles. The van der Waals surface area contributed by atoms with Crippen molar-refractivity contribution >= 4 is 17.4 Å². The van der Waals surface area contributed by atoms with Gasteiger partial charge in [-0.25, -0.2) is 9.97 Å². The van der Waals surface area contributed by atoms with Crippen LogP contribution >= 0.6 is 0 Å². The van der Waals surface area contributed by atoms with Crippen LogP contribution in [0, 0.1) is 5.92 Å². The number of amides is 1. The second kappa shape index (κ2) is 11.4. The minimum atomic E-state index is -0.136. The van der Waals surface area contributed by atoms with Gasteiger partial charge in [-0.2, -0.15) is 5.10 Å². The lowest BCUT2D eigenvalue weighted by molar-refractivity contribution is -0.123. The molecule has 9 nitrogen and oxygen atoms in total. The summed E-state index contributed by atoms with van der Waals surface area (Å²) >= 11 is 0. The summed E-state index contributed by atoms with van der Waals surface area (Å²) in [6.45, 7) is 6.43. The number of anilines is 2. The second-order valence-electron chi connectivity index (χ2n) is 10.0. The van der Waals surface area contributed by atoms with E-state index in [4.69, 9.17) is 14.7 Å². The number of fused-ring (bicyclic) bond motifs is 1. The first kappa shape index (κ1) is 25.4. The van der Waals surface area contributed by atoms with Gasteiger partial charge in [0.25, 0.3) is 5.91 Å². The topological polar surface area (TPSA) is 108 Å². The van der Waals surface area contributed by atoms with Crippen LogP contribution in [0.4, 0.5) is 11.5 Å². The van der Waals surface area contributed by atoms with Gasteiger partial charge < -0.3 is 20.3 Å². The van der Waals surface area contributed by atoms with Gasteiger partial charge in [0.1, 0.15) is 11.6 Å². The Hall–Kier alpha value is -4.24. The maximum Gasteiger partial charge on any atom is 0.257 e. The van der Waals surface area contributed by atoms with Crippen LogP contribution in [0.5, 0.6) is 5.75 Å². The molecule has 2 aromatic heterocycles. The van der Waals surface area contributed by atoms with Gasteiger partial charge in [-0.1, -0.05) is 38.1 Å². The van der Waals surface area contributed by atoms with Crippen LogP contribution in [0.15, 0.2) is 60.9 Å². The van der Waals surface area contributed by atoms with Crippen LogP contribution in [0.3, 0.4) is 0 Å². The first-order valence-corrected chi connectivity index (χ1v) is 12.9. The minimum absolute atomic E-state index is 0.0326. The van der Waals surface area contributed by atoms with Crippen LogP contribution in [-0.4, -0.2) is 57.7 Å². The second-order valence-corrected chi connectivity index (χ2v) is 10.0. The number of nitrogens with zero attached hydrogens (tertiary/aromatic N) is 4. The highest BCUT2D eigenvalue weighted by atomic mass is 16.5. The molecule has 5 rings (SSSR count). The van der Waals surface area contributed by atoms with Crippen LogP contribution in [0.2, 0.25) is 0 Å². The zero-order chi connectivity index (χ0) is 26.5. The molecule has 9 heteroatoms. The number of hydrogen-bond donors (Lipinski definition) is 3. The van der Waals surface area contributed by atoms with E-state index in [-0.39, 0.29) is 12.5 Å². The average Bonchev–Trinajstić information content (AvgIpc) is 3.47. The lowest BCUT2D eigenvalue weighted by Crippen LogP contribution is -2.31. The third kappa shape index (κ3) is 6.18.